The van der Waals surface area contributed by atoms with Crippen molar-refractivity contribution in [3.8, 4) is 5.75 Å². The van der Waals surface area contributed by atoms with E-state index in [0.29, 0.717) is 17.2 Å². The third-order valence-electron chi connectivity index (χ3n) is 3.25. The molecule has 2 rings (SSSR count). The van der Waals surface area contributed by atoms with E-state index in [1.165, 1.54) is 11.1 Å². The predicted octanol–water partition coefficient (Wildman–Crippen LogP) is 3.33. The fourth-order valence-electron chi connectivity index (χ4n) is 2.00. The number of carboxylic acid groups (broad SMARTS) is 1. The number of hydrogen-bond acceptors (Lipinski definition) is 4. The van der Waals surface area contributed by atoms with Gasteiger partial charge in [0.1, 0.15) is 5.75 Å². The number of carbonyl (C=O) groups excluding carboxylic acids is 1. The first-order valence-electron chi connectivity index (χ1n) is 7.41. The number of carboxylic acids is 1. The minimum atomic E-state index is -1.03. The van der Waals surface area contributed by atoms with Crippen LogP contribution in [-0.2, 0) is 15.3 Å². The van der Waals surface area contributed by atoms with Crippen molar-refractivity contribution >= 4 is 29.3 Å². The molecule has 0 saturated heterocycles. The van der Waals surface area contributed by atoms with E-state index in [2.05, 4.69) is 24.4 Å². The van der Waals surface area contributed by atoms with Gasteiger partial charge in [0.2, 0.25) is 5.91 Å². The number of ether oxygens (including phenoxy) is 1. The molecular formula is C18H19NO4S. The summed E-state index contributed by atoms with van der Waals surface area (Å²) < 4.78 is 5.04. The molecule has 0 aliphatic heterocycles. The first-order chi connectivity index (χ1) is 11.5. The highest BCUT2D eigenvalue weighted by atomic mass is 32.2. The number of nitrogens with one attached hydrogen (secondary N) is 1. The molecule has 0 atom stereocenters. The standard InChI is InChI=1S/C18H19NO4S/c1-13-4-2-3-5-14(13)11-24-12-17(20)19-15-6-8-16(9-7-15)23-10-18(21)22/h2-9H,10-12H2,1H3,(H,19,20)(H,21,22). The molecule has 0 aromatic heterocycles. The van der Waals surface area contributed by atoms with Crippen LogP contribution < -0.4 is 10.1 Å². The highest BCUT2D eigenvalue weighted by Crippen LogP contribution is 2.18. The summed E-state index contributed by atoms with van der Waals surface area (Å²) in [5, 5.41) is 11.3. The number of hydrogen-bond donors (Lipinski definition) is 2. The van der Waals surface area contributed by atoms with E-state index in [1.807, 2.05) is 12.1 Å². The number of benzene rings is 2. The number of anilines is 1. The van der Waals surface area contributed by atoms with E-state index in [9.17, 15) is 9.59 Å². The second-order valence-electron chi connectivity index (χ2n) is 5.17. The van der Waals surface area contributed by atoms with Gasteiger partial charge in [-0.05, 0) is 42.3 Å². The molecule has 0 aliphatic carbocycles. The van der Waals surface area contributed by atoms with Gasteiger partial charge in [0, 0.05) is 11.4 Å². The molecule has 24 heavy (non-hydrogen) atoms. The Morgan fingerprint density at radius 2 is 1.83 bits per heavy atom. The summed E-state index contributed by atoms with van der Waals surface area (Å²) in [7, 11) is 0. The molecule has 1 amide bonds. The maximum atomic E-state index is 11.9. The molecule has 5 nitrogen and oxygen atoms in total. The van der Waals surface area contributed by atoms with Gasteiger partial charge in [-0.25, -0.2) is 4.79 Å². The van der Waals surface area contributed by atoms with Crippen LogP contribution in [0.25, 0.3) is 0 Å². The van der Waals surface area contributed by atoms with E-state index >= 15 is 0 Å². The lowest BCUT2D eigenvalue weighted by molar-refractivity contribution is -0.139. The second kappa shape index (κ2) is 8.98. The highest BCUT2D eigenvalue weighted by Gasteiger charge is 2.05. The van der Waals surface area contributed by atoms with Gasteiger partial charge in [0.15, 0.2) is 6.61 Å². The van der Waals surface area contributed by atoms with Crippen LogP contribution in [-0.4, -0.2) is 29.3 Å². The van der Waals surface area contributed by atoms with Gasteiger partial charge >= 0.3 is 5.97 Å². The number of carbonyl (C=O) groups is 2. The zero-order valence-corrected chi connectivity index (χ0v) is 14.1. The van der Waals surface area contributed by atoms with Crippen molar-refractivity contribution in [2.75, 3.05) is 17.7 Å². The lowest BCUT2D eigenvalue weighted by Gasteiger charge is -2.08. The maximum absolute atomic E-state index is 11.9. The highest BCUT2D eigenvalue weighted by molar-refractivity contribution is 7.99. The van der Waals surface area contributed by atoms with E-state index in [0.717, 1.165) is 5.75 Å². The third kappa shape index (κ3) is 5.96. The molecular weight excluding hydrogens is 326 g/mol. The number of thioether (sulfide) groups is 1. The van der Waals surface area contributed by atoms with Crippen LogP contribution in [0, 0.1) is 6.92 Å². The van der Waals surface area contributed by atoms with Crippen molar-refractivity contribution in [2.24, 2.45) is 0 Å². The predicted molar refractivity (Wildman–Crippen MR) is 95.5 cm³/mol. The van der Waals surface area contributed by atoms with Gasteiger partial charge in [0.25, 0.3) is 0 Å². The summed E-state index contributed by atoms with van der Waals surface area (Å²) in [4.78, 5) is 22.4. The Kier molecular flexibility index (Phi) is 6.69. The van der Waals surface area contributed by atoms with Crippen molar-refractivity contribution in [1.82, 2.24) is 0 Å². The molecule has 0 spiro atoms. The van der Waals surface area contributed by atoms with Crippen LogP contribution in [0.4, 0.5) is 5.69 Å². The fraction of sp³-hybridized carbons (Fsp3) is 0.222. The molecule has 0 radical (unpaired) electrons. The Morgan fingerprint density at radius 3 is 2.50 bits per heavy atom. The summed E-state index contributed by atoms with van der Waals surface area (Å²) >= 11 is 1.56. The Hall–Kier alpha value is -2.47. The summed E-state index contributed by atoms with van der Waals surface area (Å²) in [6.45, 7) is 1.67. The van der Waals surface area contributed by atoms with Crippen molar-refractivity contribution < 1.29 is 19.4 Å². The average Bonchev–Trinajstić information content (AvgIpc) is 2.56. The van der Waals surface area contributed by atoms with Crippen molar-refractivity contribution in [1.29, 1.82) is 0 Å². The number of amides is 1. The number of rotatable bonds is 8. The molecule has 2 aromatic rings. The van der Waals surface area contributed by atoms with Crippen LogP contribution in [0.1, 0.15) is 11.1 Å². The average molecular weight is 345 g/mol. The minimum absolute atomic E-state index is 0.0761. The summed E-state index contributed by atoms with van der Waals surface area (Å²) in [5.41, 5.74) is 3.11. The van der Waals surface area contributed by atoms with E-state index in [4.69, 9.17) is 9.84 Å². The molecule has 0 bridgehead atoms. The lowest BCUT2D eigenvalue weighted by atomic mass is 10.1. The molecule has 0 aliphatic rings. The Morgan fingerprint density at radius 1 is 1.12 bits per heavy atom. The second-order valence-corrected chi connectivity index (χ2v) is 6.16. The number of aliphatic carboxylic acids is 1. The fourth-order valence-corrected chi connectivity index (χ4v) is 2.91. The summed E-state index contributed by atoms with van der Waals surface area (Å²) in [5.74, 6) is 0.503. The van der Waals surface area contributed by atoms with Crippen molar-refractivity contribution in [3.63, 3.8) is 0 Å². The van der Waals surface area contributed by atoms with Gasteiger partial charge in [-0.15, -0.1) is 11.8 Å². The van der Waals surface area contributed by atoms with Gasteiger partial charge in [-0.3, -0.25) is 4.79 Å². The molecule has 0 saturated carbocycles. The van der Waals surface area contributed by atoms with Crippen LogP contribution in [0.5, 0.6) is 5.75 Å². The van der Waals surface area contributed by atoms with Gasteiger partial charge in [0.05, 0.1) is 5.75 Å². The molecule has 126 valence electrons. The lowest BCUT2D eigenvalue weighted by Crippen LogP contribution is -2.14. The van der Waals surface area contributed by atoms with Crippen molar-refractivity contribution in [2.45, 2.75) is 12.7 Å². The summed E-state index contributed by atoms with van der Waals surface area (Å²) in [6, 6.07) is 14.7. The number of aryl methyl sites for hydroxylation is 1. The van der Waals surface area contributed by atoms with Crippen LogP contribution >= 0.6 is 11.8 Å². The van der Waals surface area contributed by atoms with Gasteiger partial charge in [-0.1, -0.05) is 24.3 Å². The van der Waals surface area contributed by atoms with Gasteiger partial charge in [-0.2, -0.15) is 0 Å². The minimum Gasteiger partial charge on any atom is -0.482 e. The van der Waals surface area contributed by atoms with E-state index in [-0.39, 0.29) is 12.5 Å². The zero-order chi connectivity index (χ0) is 17.4. The first kappa shape index (κ1) is 17.9. The largest absolute Gasteiger partial charge is 0.482 e. The van der Waals surface area contributed by atoms with E-state index in [1.54, 1.807) is 36.0 Å². The summed E-state index contributed by atoms with van der Waals surface area (Å²) in [6.07, 6.45) is 0. The Balaban J connectivity index is 1.76. The first-order valence-corrected chi connectivity index (χ1v) is 8.57. The zero-order valence-electron chi connectivity index (χ0n) is 13.3. The van der Waals surface area contributed by atoms with Crippen LogP contribution in [0.15, 0.2) is 48.5 Å². The normalized spacial score (nSPS) is 10.2. The Labute approximate surface area is 145 Å². The monoisotopic (exact) mass is 345 g/mol. The van der Waals surface area contributed by atoms with Gasteiger partial charge < -0.3 is 15.2 Å². The maximum Gasteiger partial charge on any atom is 0.341 e. The molecule has 0 unspecified atom stereocenters. The molecule has 0 fully saturated rings. The third-order valence-corrected chi connectivity index (χ3v) is 4.23. The van der Waals surface area contributed by atoms with Crippen LogP contribution in [0.3, 0.4) is 0 Å². The molecule has 0 heterocycles. The molecule has 6 heteroatoms. The Bertz CT molecular complexity index is 700. The SMILES string of the molecule is Cc1ccccc1CSCC(=O)Nc1ccc(OCC(=O)O)cc1. The van der Waals surface area contributed by atoms with E-state index < -0.39 is 5.97 Å². The quantitative estimate of drug-likeness (QED) is 0.767. The van der Waals surface area contributed by atoms with Crippen LogP contribution in [0.2, 0.25) is 0 Å². The molecule has 2 N–H and O–H groups in total. The van der Waals surface area contributed by atoms with Crippen molar-refractivity contribution in [3.05, 3.63) is 59.7 Å². The topological polar surface area (TPSA) is 75.6 Å². The molecule has 2 aromatic carbocycles. The smallest absolute Gasteiger partial charge is 0.341 e.